The van der Waals surface area contributed by atoms with Crippen molar-refractivity contribution in [2.45, 2.75) is 0 Å². The number of fused-ring (bicyclic) bond motifs is 1. The highest BCUT2D eigenvalue weighted by Crippen LogP contribution is 2.27. The van der Waals surface area contributed by atoms with Crippen molar-refractivity contribution in [1.29, 1.82) is 0 Å². The molecule has 0 aliphatic rings. The molecule has 2 heterocycles. The SMILES string of the molecule is CN(C)c1cccc(-c2ccc(Nc3nc(=O)n(O)c4ncccc34)cc2)c1. The molecule has 0 saturated carbocycles. The molecule has 0 fully saturated rings. The second-order valence-corrected chi connectivity index (χ2v) is 6.58. The monoisotopic (exact) mass is 373 g/mol. The summed E-state index contributed by atoms with van der Waals surface area (Å²) in [7, 11) is 4.02. The van der Waals surface area contributed by atoms with Crippen LogP contribution in [-0.2, 0) is 0 Å². The molecular weight excluding hydrogens is 354 g/mol. The second-order valence-electron chi connectivity index (χ2n) is 6.58. The molecule has 0 aliphatic heterocycles. The Kier molecular flexibility index (Phi) is 4.41. The van der Waals surface area contributed by atoms with Crippen LogP contribution in [0.4, 0.5) is 17.2 Å². The van der Waals surface area contributed by atoms with E-state index in [0.29, 0.717) is 15.9 Å². The Morgan fingerprint density at radius 3 is 2.54 bits per heavy atom. The minimum atomic E-state index is -0.786. The molecule has 0 spiro atoms. The van der Waals surface area contributed by atoms with E-state index in [-0.39, 0.29) is 5.65 Å². The Morgan fingerprint density at radius 2 is 1.79 bits per heavy atom. The summed E-state index contributed by atoms with van der Waals surface area (Å²) < 4.78 is 0.446. The Bertz CT molecular complexity index is 1200. The van der Waals surface area contributed by atoms with Gasteiger partial charge in [0.05, 0.1) is 5.39 Å². The number of hydrogen-bond acceptors (Lipinski definition) is 6. The van der Waals surface area contributed by atoms with Crippen molar-refractivity contribution >= 4 is 28.2 Å². The first kappa shape index (κ1) is 17.5. The highest BCUT2D eigenvalue weighted by molar-refractivity contribution is 5.88. The van der Waals surface area contributed by atoms with Crippen molar-refractivity contribution in [3.05, 3.63) is 77.3 Å². The van der Waals surface area contributed by atoms with Gasteiger partial charge in [0.1, 0.15) is 5.82 Å². The molecule has 7 heteroatoms. The average Bonchev–Trinajstić information content (AvgIpc) is 2.72. The van der Waals surface area contributed by atoms with Crippen LogP contribution in [0, 0.1) is 0 Å². The van der Waals surface area contributed by atoms with Crippen LogP contribution in [0.1, 0.15) is 0 Å². The molecule has 7 nitrogen and oxygen atoms in total. The van der Waals surface area contributed by atoms with E-state index in [1.807, 2.05) is 44.4 Å². The molecule has 0 unspecified atom stereocenters. The predicted molar refractivity (Wildman–Crippen MR) is 110 cm³/mol. The van der Waals surface area contributed by atoms with Gasteiger partial charge in [-0.15, -0.1) is 4.73 Å². The minimum absolute atomic E-state index is 0.155. The first-order valence-corrected chi connectivity index (χ1v) is 8.75. The lowest BCUT2D eigenvalue weighted by atomic mass is 10.0. The van der Waals surface area contributed by atoms with Crippen molar-refractivity contribution < 1.29 is 5.21 Å². The fraction of sp³-hybridized carbons (Fsp3) is 0.0952. The van der Waals surface area contributed by atoms with Crippen molar-refractivity contribution in [2.24, 2.45) is 0 Å². The smallest absolute Gasteiger partial charge is 0.384 e. The Morgan fingerprint density at radius 1 is 1.00 bits per heavy atom. The molecule has 0 atom stereocenters. The number of pyridine rings is 1. The molecule has 28 heavy (non-hydrogen) atoms. The van der Waals surface area contributed by atoms with E-state index in [1.54, 1.807) is 12.1 Å². The molecule has 4 aromatic rings. The molecule has 4 rings (SSSR count). The molecular formula is C21H19N5O2. The Labute approximate surface area is 161 Å². The predicted octanol–water partition coefficient (Wildman–Crippen LogP) is 3.51. The summed E-state index contributed by atoms with van der Waals surface area (Å²) in [4.78, 5) is 21.9. The molecule has 0 amide bonds. The van der Waals surface area contributed by atoms with Gasteiger partial charge in [0.2, 0.25) is 0 Å². The summed E-state index contributed by atoms with van der Waals surface area (Å²) in [5.41, 5.74) is 3.48. The van der Waals surface area contributed by atoms with E-state index < -0.39 is 5.69 Å². The molecule has 0 radical (unpaired) electrons. The maximum atomic E-state index is 11.9. The zero-order chi connectivity index (χ0) is 19.7. The van der Waals surface area contributed by atoms with Crippen LogP contribution < -0.4 is 15.9 Å². The van der Waals surface area contributed by atoms with Crippen LogP contribution in [-0.4, -0.2) is 34.0 Å². The summed E-state index contributed by atoms with van der Waals surface area (Å²) in [6.45, 7) is 0. The quantitative estimate of drug-likeness (QED) is 0.533. The van der Waals surface area contributed by atoms with Crippen LogP contribution in [0.15, 0.2) is 71.7 Å². The number of aromatic nitrogens is 3. The zero-order valence-corrected chi connectivity index (χ0v) is 15.5. The number of nitrogens with zero attached hydrogens (tertiary/aromatic N) is 4. The number of nitrogens with one attached hydrogen (secondary N) is 1. The van der Waals surface area contributed by atoms with Crippen LogP contribution in [0.5, 0.6) is 0 Å². The van der Waals surface area contributed by atoms with Gasteiger partial charge in [-0.25, -0.2) is 9.78 Å². The molecule has 2 aromatic heterocycles. The van der Waals surface area contributed by atoms with Crippen molar-refractivity contribution in [1.82, 2.24) is 14.7 Å². The van der Waals surface area contributed by atoms with Crippen LogP contribution in [0.3, 0.4) is 0 Å². The molecule has 0 bridgehead atoms. The van der Waals surface area contributed by atoms with Crippen molar-refractivity contribution in [3.63, 3.8) is 0 Å². The lowest BCUT2D eigenvalue weighted by molar-refractivity contribution is 0.182. The van der Waals surface area contributed by atoms with Gasteiger partial charge in [-0.3, -0.25) is 0 Å². The molecule has 2 aromatic carbocycles. The second kappa shape index (κ2) is 7.03. The van der Waals surface area contributed by atoms with Crippen molar-refractivity contribution in [3.8, 4) is 11.1 Å². The first-order valence-electron chi connectivity index (χ1n) is 8.75. The van der Waals surface area contributed by atoms with Gasteiger partial charge in [-0.1, -0.05) is 24.3 Å². The van der Waals surface area contributed by atoms with Gasteiger partial charge < -0.3 is 15.4 Å². The zero-order valence-electron chi connectivity index (χ0n) is 15.5. The average molecular weight is 373 g/mol. The number of hydrogen-bond donors (Lipinski definition) is 2. The van der Waals surface area contributed by atoms with Crippen LogP contribution in [0.2, 0.25) is 0 Å². The highest BCUT2D eigenvalue weighted by atomic mass is 16.5. The van der Waals surface area contributed by atoms with E-state index in [4.69, 9.17) is 0 Å². The molecule has 0 saturated heterocycles. The van der Waals surface area contributed by atoms with Gasteiger partial charge >= 0.3 is 5.69 Å². The summed E-state index contributed by atoms with van der Waals surface area (Å²) in [6.07, 6.45) is 1.51. The van der Waals surface area contributed by atoms with Crippen molar-refractivity contribution in [2.75, 3.05) is 24.3 Å². The standard InChI is InChI=1S/C21H19N5O2/c1-25(2)17-6-3-5-15(13-17)14-8-10-16(11-9-14)23-19-18-7-4-12-22-20(18)26(28)21(27)24-19/h3-13,28H,1-2H3,(H,23,24,27). The van der Waals surface area contributed by atoms with E-state index >= 15 is 0 Å². The lowest BCUT2D eigenvalue weighted by Crippen LogP contribution is -2.23. The fourth-order valence-corrected chi connectivity index (χ4v) is 2.99. The van der Waals surface area contributed by atoms with Gasteiger partial charge in [-0.2, -0.15) is 4.98 Å². The molecule has 2 N–H and O–H groups in total. The number of benzene rings is 2. The maximum Gasteiger partial charge on any atom is 0.384 e. The Hall–Kier alpha value is -3.87. The van der Waals surface area contributed by atoms with E-state index in [2.05, 4.69) is 38.4 Å². The number of rotatable bonds is 4. The third kappa shape index (κ3) is 3.25. The lowest BCUT2D eigenvalue weighted by Gasteiger charge is -2.14. The Balaban J connectivity index is 1.66. The van der Waals surface area contributed by atoms with Gasteiger partial charge in [0.15, 0.2) is 5.65 Å². The van der Waals surface area contributed by atoms with E-state index in [0.717, 1.165) is 22.5 Å². The summed E-state index contributed by atoms with van der Waals surface area (Å²) in [5, 5.41) is 13.5. The summed E-state index contributed by atoms with van der Waals surface area (Å²) >= 11 is 0. The number of anilines is 3. The van der Waals surface area contributed by atoms with Crippen LogP contribution >= 0.6 is 0 Å². The van der Waals surface area contributed by atoms with E-state index in [1.165, 1.54) is 6.20 Å². The molecule has 140 valence electrons. The minimum Gasteiger partial charge on any atom is -0.422 e. The molecule has 0 aliphatic carbocycles. The first-order chi connectivity index (χ1) is 13.5. The largest absolute Gasteiger partial charge is 0.422 e. The third-order valence-electron chi connectivity index (χ3n) is 4.47. The topological polar surface area (TPSA) is 83.3 Å². The summed E-state index contributed by atoms with van der Waals surface area (Å²) in [5.74, 6) is 0.348. The summed E-state index contributed by atoms with van der Waals surface area (Å²) in [6, 6.07) is 19.6. The van der Waals surface area contributed by atoms with Gasteiger partial charge in [0, 0.05) is 31.7 Å². The maximum absolute atomic E-state index is 11.9. The highest BCUT2D eigenvalue weighted by Gasteiger charge is 2.11. The normalized spacial score (nSPS) is 10.8. The van der Waals surface area contributed by atoms with E-state index in [9.17, 15) is 10.0 Å². The third-order valence-corrected chi connectivity index (χ3v) is 4.47. The fourth-order valence-electron chi connectivity index (χ4n) is 2.99. The van der Waals surface area contributed by atoms with Crippen LogP contribution in [0.25, 0.3) is 22.2 Å². The van der Waals surface area contributed by atoms with Gasteiger partial charge in [0.25, 0.3) is 0 Å². The van der Waals surface area contributed by atoms with Gasteiger partial charge in [-0.05, 0) is 47.5 Å².